The summed E-state index contributed by atoms with van der Waals surface area (Å²) in [6.45, 7) is 0.914. The minimum atomic E-state index is -0.0259. The van der Waals surface area contributed by atoms with E-state index in [2.05, 4.69) is 16.8 Å². The number of nitrogens with zero attached hydrogens (tertiary/aromatic N) is 1. The molecule has 1 amide bonds. The van der Waals surface area contributed by atoms with E-state index in [-0.39, 0.29) is 5.91 Å². The lowest BCUT2D eigenvalue weighted by atomic mass is 10.1. The summed E-state index contributed by atoms with van der Waals surface area (Å²) < 4.78 is 0. The molecule has 1 heterocycles. The van der Waals surface area contributed by atoms with Crippen LogP contribution in [0.4, 0.5) is 0 Å². The monoisotopic (exact) mass is 267 g/mol. The Balaban J connectivity index is 2.01. The fraction of sp³-hybridized carbons (Fsp3) is 0.188. The predicted molar refractivity (Wildman–Crippen MR) is 79.0 cm³/mol. The van der Waals surface area contributed by atoms with Gasteiger partial charge >= 0.3 is 0 Å². The molecule has 2 rings (SSSR count). The lowest BCUT2D eigenvalue weighted by molar-refractivity contribution is 0.0780. The molecule has 20 heavy (non-hydrogen) atoms. The second kappa shape index (κ2) is 6.60. The number of aromatic nitrogens is 1. The first-order valence-corrected chi connectivity index (χ1v) is 6.37. The third-order valence-corrected chi connectivity index (χ3v) is 2.88. The third kappa shape index (κ3) is 3.50. The average Bonchev–Trinajstić information content (AvgIpc) is 3.00. The maximum absolute atomic E-state index is 12.1. The van der Waals surface area contributed by atoms with E-state index in [4.69, 9.17) is 5.73 Å². The molecule has 4 heteroatoms. The van der Waals surface area contributed by atoms with E-state index in [0.29, 0.717) is 18.8 Å². The number of hydrogen-bond acceptors (Lipinski definition) is 2. The molecule has 0 saturated heterocycles. The molecular formula is C16H17N3O. The first kappa shape index (κ1) is 13.9. The number of carbonyl (C=O) groups excluding carboxylic acids is 1. The van der Waals surface area contributed by atoms with Crippen LogP contribution in [0, 0.1) is 11.8 Å². The van der Waals surface area contributed by atoms with Gasteiger partial charge in [0.25, 0.3) is 5.91 Å². The second-order valence-corrected chi connectivity index (χ2v) is 4.45. The van der Waals surface area contributed by atoms with Gasteiger partial charge in [0.15, 0.2) is 0 Å². The Hall–Kier alpha value is -2.51. The first-order valence-electron chi connectivity index (χ1n) is 6.37. The van der Waals surface area contributed by atoms with E-state index >= 15 is 0 Å². The lowest BCUT2D eigenvalue weighted by Crippen LogP contribution is -2.26. The molecule has 1 aromatic heterocycles. The number of nitrogens with one attached hydrogen (secondary N) is 1. The summed E-state index contributed by atoms with van der Waals surface area (Å²) >= 11 is 0. The number of amides is 1. The summed E-state index contributed by atoms with van der Waals surface area (Å²) in [5.41, 5.74) is 7.92. The largest absolute Gasteiger partial charge is 0.357 e. The lowest BCUT2D eigenvalue weighted by Gasteiger charge is -2.16. The molecule has 0 aliphatic rings. The summed E-state index contributed by atoms with van der Waals surface area (Å²) in [5.74, 6) is 5.75. The van der Waals surface area contributed by atoms with Crippen LogP contribution in [-0.2, 0) is 6.54 Å². The van der Waals surface area contributed by atoms with Gasteiger partial charge in [-0.2, -0.15) is 0 Å². The Bertz CT molecular complexity index is 618. The van der Waals surface area contributed by atoms with Crippen molar-refractivity contribution in [3.8, 4) is 11.8 Å². The van der Waals surface area contributed by atoms with Crippen molar-refractivity contribution in [2.24, 2.45) is 5.73 Å². The van der Waals surface area contributed by atoms with Crippen LogP contribution in [-0.4, -0.2) is 29.4 Å². The van der Waals surface area contributed by atoms with E-state index in [9.17, 15) is 4.79 Å². The van der Waals surface area contributed by atoms with E-state index in [0.717, 1.165) is 11.1 Å². The third-order valence-electron chi connectivity index (χ3n) is 2.88. The number of rotatable bonds is 3. The van der Waals surface area contributed by atoms with Crippen LogP contribution in [0.3, 0.4) is 0 Å². The van der Waals surface area contributed by atoms with Gasteiger partial charge in [-0.05, 0) is 29.8 Å². The number of aromatic amines is 1. The van der Waals surface area contributed by atoms with Crippen molar-refractivity contribution in [2.75, 3.05) is 13.6 Å². The number of hydrogen-bond donors (Lipinski definition) is 2. The van der Waals surface area contributed by atoms with Gasteiger partial charge < -0.3 is 15.6 Å². The second-order valence-electron chi connectivity index (χ2n) is 4.45. The van der Waals surface area contributed by atoms with Crippen LogP contribution in [0.2, 0.25) is 0 Å². The highest BCUT2D eigenvalue weighted by molar-refractivity contribution is 5.92. The summed E-state index contributed by atoms with van der Waals surface area (Å²) in [7, 11) is 1.78. The number of nitrogens with two attached hydrogens (primary N) is 1. The first-order chi connectivity index (χ1) is 9.70. The highest BCUT2D eigenvalue weighted by Crippen LogP contribution is 2.08. The van der Waals surface area contributed by atoms with Crippen molar-refractivity contribution in [3.05, 3.63) is 59.4 Å². The van der Waals surface area contributed by atoms with Crippen molar-refractivity contribution in [2.45, 2.75) is 6.54 Å². The highest BCUT2D eigenvalue weighted by Gasteiger charge is 2.12. The molecule has 0 fully saturated rings. The molecule has 102 valence electrons. The molecule has 1 aromatic carbocycles. The van der Waals surface area contributed by atoms with Crippen LogP contribution in [0.1, 0.15) is 21.6 Å². The SMILES string of the molecule is CN(Cc1ccc(C#CCN)cc1)C(=O)c1ccc[nH]1. The summed E-state index contributed by atoms with van der Waals surface area (Å²) in [6, 6.07) is 11.4. The fourth-order valence-corrected chi connectivity index (χ4v) is 1.86. The maximum atomic E-state index is 12.1. The van der Waals surface area contributed by atoms with Crippen molar-refractivity contribution >= 4 is 5.91 Å². The quantitative estimate of drug-likeness (QED) is 0.830. The minimum Gasteiger partial charge on any atom is -0.357 e. The van der Waals surface area contributed by atoms with Crippen LogP contribution in [0.5, 0.6) is 0 Å². The van der Waals surface area contributed by atoms with E-state index in [1.165, 1.54) is 0 Å². The molecule has 0 spiro atoms. The molecule has 0 aliphatic heterocycles. The summed E-state index contributed by atoms with van der Waals surface area (Å²) in [6.07, 6.45) is 1.74. The Morgan fingerprint density at radius 3 is 2.65 bits per heavy atom. The van der Waals surface area contributed by atoms with Gasteiger partial charge in [0, 0.05) is 25.4 Å². The molecule has 0 bridgehead atoms. The van der Waals surface area contributed by atoms with Crippen LogP contribution >= 0.6 is 0 Å². The summed E-state index contributed by atoms with van der Waals surface area (Å²) in [5, 5.41) is 0. The Morgan fingerprint density at radius 1 is 1.30 bits per heavy atom. The zero-order chi connectivity index (χ0) is 14.4. The topological polar surface area (TPSA) is 62.1 Å². The van der Waals surface area contributed by atoms with E-state index in [1.807, 2.05) is 30.3 Å². The normalized spacial score (nSPS) is 9.70. The molecule has 4 nitrogen and oxygen atoms in total. The van der Waals surface area contributed by atoms with Crippen LogP contribution in [0.25, 0.3) is 0 Å². The van der Waals surface area contributed by atoms with Crippen LogP contribution in [0.15, 0.2) is 42.6 Å². The van der Waals surface area contributed by atoms with Gasteiger partial charge in [-0.1, -0.05) is 24.0 Å². The van der Waals surface area contributed by atoms with E-state index in [1.54, 1.807) is 24.2 Å². The number of carbonyl (C=O) groups is 1. The Morgan fingerprint density at radius 2 is 2.05 bits per heavy atom. The summed E-state index contributed by atoms with van der Waals surface area (Å²) in [4.78, 5) is 16.7. The van der Waals surface area contributed by atoms with E-state index < -0.39 is 0 Å². The van der Waals surface area contributed by atoms with Crippen LogP contribution < -0.4 is 5.73 Å². The number of benzene rings is 1. The Labute approximate surface area is 118 Å². The van der Waals surface area contributed by atoms with Crippen molar-refractivity contribution < 1.29 is 4.79 Å². The van der Waals surface area contributed by atoms with Crippen molar-refractivity contribution in [1.82, 2.24) is 9.88 Å². The average molecular weight is 267 g/mol. The molecular weight excluding hydrogens is 250 g/mol. The number of H-pyrrole nitrogens is 1. The van der Waals surface area contributed by atoms with Gasteiger partial charge in [0.1, 0.15) is 5.69 Å². The Kier molecular flexibility index (Phi) is 4.59. The van der Waals surface area contributed by atoms with Gasteiger partial charge in [0.2, 0.25) is 0 Å². The van der Waals surface area contributed by atoms with Gasteiger partial charge in [-0.3, -0.25) is 4.79 Å². The zero-order valence-electron chi connectivity index (χ0n) is 11.4. The van der Waals surface area contributed by atoms with Gasteiger partial charge in [-0.15, -0.1) is 0 Å². The minimum absolute atomic E-state index is 0.0259. The molecule has 0 unspecified atom stereocenters. The van der Waals surface area contributed by atoms with Crippen molar-refractivity contribution in [3.63, 3.8) is 0 Å². The molecule has 2 aromatic rings. The van der Waals surface area contributed by atoms with Crippen molar-refractivity contribution in [1.29, 1.82) is 0 Å². The standard InChI is InChI=1S/C16H17N3O/c1-19(16(20)15-5-3-11-18-15)12-14-8-6-13(7-9-14)4-2-10-17/h3,5-9,11,18H,10,12,17H2,1H3. The predicted octanol–water partition coefficient (Wildman–Crippen LogP) is 1.60. The van der Waals surface area contributed by atoms with Gasteiger partial charge in [-0.25, -0.2) is 0 Å². The molecule has 0 saturated carbocycles. The fourth-order valence-electron chi connectivity index (χ4n) is 1.86. The molecule has 0 aliphatic carbocycles. The van der Waals surface area contributed by atoms with Gasteiger partial charge in [0.05, 0.1) is 6.54 Å². The smallest absolute Gasteiger partial charge is 0.270 e. The highest BCUT2D eigenvalue weighted by atomic mass is 16.2. The maximum Gasteiger partial charge on any atom is 0.270 e. The molecule has 0 atom stereocenters. The molecule has 0 radical (unpaired) electrons. The zero-order valence-corrected chi connectivity index (χ0v) is 11.4. The molecule has 3 N–H and O–H groups in total.